The molecule has 0 aromatic rings. The SMILES string of the molecule is [N-]=[N+]=C1N=CC=NC1O. The first kappa shape index (κ1) is 5.81. The second-order valence-electron chi connectivity index (χ2n) is 1.41. The van der Waals surface area contributed by atoms with Gasteiger partial charge in [0.2, 0.25) is 0 Å². The quantitative estimate of drug-likeness (QED) is 0.329. The molecule has 1 heterocycles. The van der Waals surface area contributed by atoms with Crippen LogP contribution in [-0.4, -0.2) is 34.4 Å². The van der Waals surface area contributed by atoms with Crippen LogP contribution >= 0.6 is 0 Å². The second-order valence-corrected chi connectivity index (χ2v) is 1.41. The number of nitrogens with zero attached hydrogens (tertiary/aromatic N) is 4. The van der Waals surface area contributed by atoms with Crippen LogP contribution in [0.25, 0.3) is 5.53 Å². The molecule has 1 N–H and O–H groups in total. The Balaban J connectivity index is 2.90. The van der Waals surface area contributed by atoms with Crippen LogP contribution in [0.2, 0.25) is 0 Å². The second kappa shape index (κ2) is 2.30. The summed E-state index contributed by atoms with van der Waals surface area (Å²) in [6.07, 6.45) is 1.56. The molecule has 1 aliphatic rings. The van der Waals surface area contributed by atoms with Gasteiger partial charge in [-0.3, -0.25) is 0 Å². The Morgan fingerprint density at radius 3 is 2.89 bits per heavy atom. The predicted molar refractivity (Wildman–Crippen MR) is 31.6 cm³/mol. The van der Waals surface area contributed by atoms with E-state index < -0.39 is 6.23 Å². The zero-order valence-corrected chi connectivity index (χ0v) is 4.47. The van der Waals surface area contributed by atoms with Crippen molar-refractivity contribution in [3.8, 4) is 0 Å². The van der Waals surface area contributed by atoms with Gasteiger partial charge in [-0.1, -0.05) is 0 Å². The van der Waals surface area contributed by atoms with E-state index in [2.05, 4.69) is 14.8 Å². The maximum atomic E-state index is 8.77. The summed E-state index contributed by atoms with van der Waals surface area (Å²) in [4.78, 5) is 9.66. The molecule has 0 radical (unpaired) electrons. The van der Waals surface area contributed by atoms with Gasteiger partial charge in [-0.15, -0.1) is 0 Å². The molecule has 0 amide bonds. The van der Waals surface area contributed by atoms with Crippen LogP contribution in [0, 0.1) is 0 Å². The van der Waals surface area contributed by atoms with Crippen molar-refractivity contribution in [2.45, 2.75) is 6.23 Å². The molecule has 5 heteroatoms. The number of aliphatic imine (C=N–C) groups is 2. The first-order chi connectivity index (χ1) is 4.34. The molecule has 0 saturated heterocycles. The fraction of sp³-hybridized carbons (Fsp3) is 0.250. The number of hydrogen-bond acceptors (Lipinski definition) is 2. The normalized spacial score (nSPS) is 24.1. The van der Waals surface area contributed by atoms with Gasteiger partial charge in [-0.05, 0) is 4.99 Å². The third-order valence-corrected chi connectivity index (χ3v) is 0.834. The van der Waals surface area contributed by atoms with Crippen LogP contribution < -0.4 is 0 Å². The van der Waals surface area contributed by atoms with E-state index in [1.807, 2.05) is 0 Å². The summed E-state index contributed by atoms with van der Waals surface area (Å²) < 4.78 is 0. The fourth-order valence-corrected chi connectivity index (χ4v) is 0.441. The van der Waals surface area contributed by atoms with Gasteiger partial charge in [0.1, 0.15) is 0 Å². The van der Waals surface area contributed by atoms with Crippen molar-refractivity contribution in [3.63, 3.8) is 0 Å². The molecule has 0 aromatic heterocycles. The Morgan fingerprint density at radius 1 is 1.67 bits per heavy atom. The van der Waals surface area contributed by atoms with Gasteiger partial charge in [0, 0.05) is 0 Å². The molecule has 0 fully saturated rings. The first-order valence-corrected chi connectivity index (χ1v) is 2.30. The molecule has 0 spiro atoms. The van der Waals surface area contributed by atoms with E-state index in [9.17, 15) is 0 Å². The van der Waals surface area contributed by atoms with Crippen molar-refractivity contribution in [2.75, 3.05) is 0 Å². The third-order valence-electron chi connectivity index (χ3n) is 0.834. The number of aliphatic hydroxyl groups excluding tert-OH is 1. The van der Waals surface area contributed by atoms with E-state index in [1.165, 1.54) is 12.4 Å². The van der Waals surface area contributed by atoms with E-state index in [1.54, 1.807) is 0 Å². The molecule has 0 aromatic carbocycles. The number of amidine groups is 1. The fourth-order valence-electron chi connectivity index (χ4n) is 0.441. The molecule has 5 nitrogen and oxygen atoms in total. The highest BCUT2D eigenvalue weighted by atomic mass is 16.3. The maximum absolute atomic E-state index is 8.77. The molecular formula is C4H4N4O. The van der Waals surface area contributed by atoms with Crippen LogP contribution in [0.4, 0.5) is 0 Å². The molecule has 0 bridgehead atoms. The lowest BCUT2D eigenvalue weighted by Crippen LogP contribution is -2.20. The van der Waals surface area contributed by atoms with Gasteiger partial charge in [0.25, 0.3) is 6.23 Å². The molecule has 46 valence electrons. The van der Waals surface area contributed by atoms with Crippen LogP contribution in [0.3, 0.4) is 0 Å². The lowest BCUT2D eigenvalue weighted by Gasteiger charge is -1.94. The van der Waals surface area contributed by atoms with E-state index in [0.29, 0.717) is 0 Å². The average Bonchev–Trinajstić information content (AvgIpc) is 1.89. The first-order valence-electron chi connectivity index (χ1n) is 2.30. The van der Waals surface area contributed by atoms with Gasteiger partial charge in [-0.25, -0.2) is 4.99 Å². The van der Waals surface area contributed by atoms with E-state index >= 15 is 0 Å². The monoisotopic (exact) mass is 124 g/mol. The highest BCUT2D eigenvalue weighted by Crippen LogP contribution is 1.90. The van der Waals surface area contributed by atoms with Crippen molar-refractivity contribution in [1.29, 1.82) is 0 Å². The Bertz CT molecular complexity index is 213. The topological polar surface area (TPSA) is 81.4 Å². The Hall–Kier alpha value is -1.32. The summed E-state index contributed by atoms with van der Waals surface area (Å²) in [6.45, 7) is 0. The molecule has 0 saturated carbocycles. The number of hydrogen-bond donors (Lipinski definition) is 1. The van der Waals surface area contributed by atoms with Gasteiger partial charge in [0.15, 0.2) is 6.21 Å². The van der Waals surface area contributed by atoms with Crippen LogP contribution in [0.1, 0.15) is 0 Å². The third kappa shape index (κ3) is 1.07. The van der Waals surface area contributed by atoms with Crippen LogP contribution in [-0.2, 0) is 0 Å². The summed E-state index contributed by atoms with van der Waals surface area (Å²) in [5.41, 5.74) is 8.10. The summed E-state index contributed by atoms with van der Waals surface area (Å²) in [5.74, 6) is -0.0856. The molecular weight excluding hydrogens is 120 g/mol. The zero-order valence-electron chi connectivity index (χ0n) is 4.47. The highest BCUT2D eigenvalue weighted by Gasteiger charge is 2.19. The standard InChI is InChI=1S/C4H4N4O/c5-8-3-4(9)7-2-1-6-3/h1-2,4,9H. The minimum atomic E-state index is -1.11. The molecule has 9 heavy (non-hydrogen) atoms. The van der Waals surface area contributed by atoms with Gasteiger partial charge in [-0.2, -0.15) is 0 Å². The molecule has 1 unspecified atom stereocenters. The van der Waals surface area contributed by atoms with Crippen molar-refractivity contribution in [3.05, 3.63) is 5.53 Å². The molecule has 1 atom stereocenters. The van der Waals surface area contributed by atoms with Crippen LogP contribution in [0.5, 0.6) is 0 Å². The maximum Gasteiger partial charge on any atom is 0.427 e. The van der Waals surface area contributed by atoms with Crippen molar-refractivity contribution in [1.82, 2.24) is 0 Å². The van der Waals surface area contributed by atoms with E-state index in [0.717, 1.165) is 0 Å². The average molecular weight is 124 g/mol. The highest BCUT2D eigenvalue weighted by molar-refractivity contribution is 6.21. The Morgan fingerprint density at radius 2 is 2.44 bits per heavy atom. The zero-order chi connectivity index (χ0) is 6.69. The van der Waals surface area contributed by atoms with Gasteiger partial charge < -0.3 is 15.4 Å². The van der Waals surface area contributed by atoms with Crippen molar-refractivity contribution < 1.29 is 9.90 Å². The van der Waals surface area contributed by atoms with E-state index in [-0.39, 0.29) is 5.84 Å². The minimum absolute atomic E-state index is 0.0856. The largest absolute Gasteiger partial charge is 0.497 e. The number of rotatable bonds is 0. The number of aliphatic hydroxyl groups is 1. The lowest BCUT2D eigenvalue weighted by atomic mass is 10.5. The predicted octanol–water partition coefficient (Wildman–Crippen LogP) is -0.912. The summed E-state index contributed by atoms with van der Waals surface area (Å²) in [6, 6.07) is 0. The summed E-state index contributed by atoms with van der Waals surface area (Å²) >= 11 is 0. The lowest BCUT2D eigenvalue weighted by molar-refractivity contribution is -0.0217. The Labute approximate surface area is 51.0 Å². The Kier molecular flexibility index (Phi) is 1.48. The molecule has 1 aliphatic heterocycles. The minimum Gasteiger partial charge on any atom is -0.497 e. The summed E-state index contributed by atoms with van der Waals surface area (Å²) in [5, 5.41) is 8.77. The molecule has 1 rings (SSSR count). The van der Waals surface area contributed by atoms with Gasteiger partial charge >= 0.3 is 5.84 Å². The smallest absolute Gasteiger partial charge is 0.427 e. The molecule has 0 aliphatic carbocycles. The van der Waals surface area contributed by atoms with Crippen molar-refractivity contribution >= 4 is 18.3 Å². The van der Waals surface area contributed by atoms with E-state index in [4.69, 9.17) is 10.6 Å². The van der Waals surface area contributed by atoms with Crippen LogP contribution in [0.15, 0.2) is 9.98 Å². The van der Waals surface area contributed by atoms with Gasteiger partial charge in [0.05, 0.1) is 6.21 Å². The summed E-state index contributed by atoms with van der Waals surface area (Å²) in [7, 11) is 0. The van der Waals surface area contributed by atoms with Crippen molar-refractivity contribution in [2.24, 2.45) is 9.98 Å².